The molecule has 2 aromatic rings. The first kappa shape index (κ1) is 17.7. The van der Waals surface area contributed by atoms with Gasteiger partial charge in [-0.1, -0.05) is 24.3 Å². The average Bonchev–Trinajstić information content (AvgIpc) is 2.34. The lowest BCUT2D eigenvalue weighted by Gasteiger charge is -2.27. The molecule has 0 fully saturated rings. The zero-order valence-corrected chi connectivity index (χ0v) is 13.7. The number of rotatable bonds is 4. The summed E-state index contributed by atoms with van der Waals surface area (Å²) in [6.45, 7) is 4.16. The Morgan fingerprint density at radius 3 is 2.26 bits per heavy atom. The molecular formula is C15H17F3N2O2S. The highest BCUT2D eigenvalue weighted by atomic mass is 32.2. The molecule has 0 aliphatic rings. The van der Waals surface area contributed by atoms with Crippen molar-refractivity contribution in [3.63, 3.8) is 0 Å². The predicted octanol–water partition coefficient (Wildman–Crippen LogP) is 3.55. The molecule has 23 heavy (non-hydrogen) atoms. The number of sulfonamides is 1. The van der Waals surface area contributed by atoms with Crippen molar-refractivity contribution in [2.24, 2.45) is 0 Å². The highest BCUT2D eigenvalue weighted by Gasteiger charge is 2.39. The Morgan fingerprint density at radius 1 is 1.13 bits per heavy atom. The van der Waals surface area contributed by atoms with Crippen molar-refractivity contribution in [2.45, 2.75) is 43.9 Å². The smallest absolute Gasteiger partial charge is 0.243 e. The lowest BCUT2D eigenvalue weighted by atomic mass is 10.0. The quantitative estimate of drug-likeness (QED) is 0.921. The van der Waals surface area contributed by atoms with Crippen LogP contribution in [0.25, 0.3) is 10.8 Å². The summed E-state index contributed by atoms with van der Waals surface area (Å²) in [5, 5.41) is 0.799. The van der Waals surface area contributed by atoms with Crippen molar-refractivity contribution < 1.29 is 21.6 Å². The first-order chi connectivity index (χ1) is 10.4. The molecule has 1 aromatic heterocycles. The maximum Gasteiger partial charge on any atom is 0.390 e. The van der Waals surface area contributed by atoms with Gasteiger partial charge >= 0.3 is 6.18 Å². The Bertz CT molecular complexity index is 830. The predicted molar refractivity (Wildman–Crippen MR) is 81.6 cm³/mol. The van der Waals surface area contributed by atoms with E-state index in [0.29, 0.717) is 10.8 Å². The molecule has 126 valence electrons. The summed E-state index contributed by atoms with van der Waals surface area (Å²) in [7, 11) is -4.19. The van der Waals surface area contributed by atoms with E-state index in [-0.39, 0.29) is 5.03 Å². The normalized spacial score (nSPS) is 13.5. The largest absolute Gasteiger partial charge is 0.390 e. The first-order valence-electron chi connectivity index (χ1n) is 6.86. The van der Waals surface area contributed by atoms with Gasteiger partial charge in [0.15, 0.2) is 5.03 Å². The number of fused-ring (bicyclic) bond motifs is 1. The number of hydrogen-bond acceptors (Lipinski definition) is 3. The number of aryl methyl sites for hydroxylation is 1. The van der Waals surface area contributed by atoms with Crippen molar-refractivity contribution in [1.82, 2.24) is 9.71 Å². The minimum Gasteiger partial charge on any atom is -0.243 e. The van der Waals surface area contributed by atoms with E-state index in [9.17, 15) is 21.6 Å². The van der Waals surface area contributed by atoms with Gasteiger partial charge in [0.2, 0.25) is 0 Å². The Morgan fingerprint density at radius 2 is 1.70 bits per heavy atom. The Labute approximate surface area is 132 Å². The van der Waals surface area contributed by atoms with Crippen LogP contribution >= 0.6 is 0 Å². The summed E-state index contributed by atoms with van der Waals surface area (Å²) in [4.78, 5) is 3.93. The zero-order valence-electron chi connectivity index (χ0n) is 12.9. The summed E-state index contributed by atoms with van der Waals surface area (Å²) in [5.41, 5.74) is -0.890. The van der Waals surface area contributed by atoms with Gasteiger partial charge in [-0.25, -0.2) is 18.1 Å². The third-order valence-electron chi connectivity index (χ3n) is 3.27. The van der Waals surface area contributed by atoms with Gasteiger partial charge in [0.25, 0.3) is 10.0 Å². The van der Waals surface area contributed by atoms with Gasteiger partial charge in [-0.2, -0.15) is 13.2 Å². The van der Waals surface area contributed by atoms with Crippen molar-refractivity contribution in [1.29, 1.82) is 0 Å². The maximum absolute atomic E-state index is 12.6. The van der Waals surface area contributed by atoms with Gasteiger partial charge in [-0.3, -0.25) is 0 Å². The van der Waals surface area contributed by atoms with E-state index in [0.717, 1.165) is 5.56 Å². The van der Waals surface area contributed by atoms with Crippen LogP contribution in [-0.2, 0) is 10.0 Å². The van der Waals surface area contributed by atoms with E-state index in [1.165, 1.54) is 20.0 Å². The molecular weight excluding hydrogens is 329 g/mol. The molecule has 1 N–H and O–H groups in total. The minimum absolute atomic E-state index is 0.269. The highest BCUT2D eigenvalue weighted by molar-refractivity contribution is 7.89. The van der Waals surface area contributed by atoms with Crippen molar-refractivity contribution in [3.05, 3.63) is 36.0 Å². The summed E-state index contributed by atoms with van der Waals surface area (Å²) in [5.74, 6) is 0. The van der Waals surface area contributed by atoms with Crippen LogP contribution in [0, 0.1) is 6.92 Å². The van der Waals surface area contributed by atoms with Crippen molar-refractivity contribution in [2.75, 3.05) is 0 Å². The van der Waals surface area contributed by atoms with Gasteiger partial charge in [0, 0.05) is 17.1 Å². The molecule has 0 unspecified atom stereocenters. The molecule has 0 spiro atoms. The number of aromatic nitrogens is 1. The van der Waals surface area contributed by atoms with Crippen molar-refractivity contribution in [3.8, 4) is 0 Å². The standard InChI is InChI=1S/C15H17F3N2O2S/c1-10-8-19-13(12-7-5-4-6-11(10)12)23(21,22)20-14(2,3)9-15(16,17)18/h4-8,20H,9H2,1-3H3. The number of hydrogen-bond donors (Lipinski definition) is 1. The summed E-state index contributed by atoms with van der Waals surface area (Å²) in [6, 6.07) is 6.74. The molecule has 0 aliphatic heterocycles. The fourth-order valence-corrected chi connectivity index (χ4v) is 4.03. The molecule has 0 saturated carbocycles. The minimum atomic E-state index is -4.48. The summed E-state index contributed by atoms with van der Waals surface area (Å²) >= 11 is 0. The number of benzene rings is 1. The summed E-state index contributed by atoms with van der Waals surface area (Å²) in [6.07, 6.45) is -4.36. The van der Waals surface area contributed by atoms with E-state index in [1.807, 2.05) is 0 Å². The molecule has 4 nitrogen and oxygen atoms in total. The van der Waals surface area contributed by atoms with E-state index in [2.05, 4.69) is 9.71 Å². The molecule has 1 heterocycles. The molecule has 0 bridgehead atoms. The van der Waals surface area contributed by atoms with Gasteiger partial charge in [-0.15, -0.1) is 0 Å². The van der Waals surface area contributed by atoms with Gasteiger partial charge < -0.3 is 0 Å². The first-order valence-corrected chi connectivity index (χ1v) is 8.35. The van der Waals surface area contributed by atoms with Gasteiger partial charge in [0.1, 0.15) is 0 Å². The topological polar surface area (TPSA) is 59.1 Å². The number of pyridine rings is 1. The monoisotopic (exact) mass is 346 g/mol. The average molecular weight is 346 g/mol. The fourth-order valence-electron chi connectivity index (χ4n) is 2.47. The lowest BCUT2D eigenvalue weighted by Crippen LogP contribution is -2.46. The van der Waals surface area contributed by atoms with E-state index in [4.69, 9.17) is 0 Å². The molecule has 8 heteroatoms. The number of alkyl halides is 3. The van der Waals surface area contributed by atoms with E-state index >= 15 is 0 Å². The second-order valence-corrected chi connectivity index (χ2v) is 7.67. The second-order valence-electron chi connectivity index (χ2n) is 6.07. The molecule has 0 saturated heterocycles. The van der Waals surface area contributed by atoms with Crippen LogP contribution in [0.5, 0.6) is 0 Å². The van der Waals surface area contributed by atoms with Crippen LogP contribution in [0.4, 0.5) is 13.2 Å². The molecule has 0 aliphatic carbocycles. The summed E-state index contributed by atoms with van der Waals surface area (Å²) < 4.78 is 64.9. The van der Waals surface area contributed by atoms with E-state index < -0.39 is 28.2 Å². The van der Waals surface area contributed by atoms with Gasteiger partial charge in [-0.05, 0) is 31.7 Å². The SMILES string of the molecule is Cc1cnc(S(=O)(=O)NC(C)(C)CC(F)(F)F)c2ccccc12. The maximum atomic E-state index is 12.6. The Balaban J connectivity index is 2.47. The fraction of sp³-hybridized carbons (Fsp3) is 0.400. The third-order valence-corrected chi connectivity index (χ3v) is 4.92. The Kier molecular flexibility index (Phi) is 4.42. The van der Waals surface area contributed by atoms with Crippen LogP contribution in [0.3, 0.4) is 0 Å². The lowest BCUT2D eigenvalue weighted by molar-refractivity contribution is -0.145. The highest BCUT2D eigenvalue weighted by Crippen LogP contribution is 2.29. The van der Waals surface area contributed by atoms with E-state index in [1.54, 1.807) is 31.2 Å². The Hall–Kier alpha value is -1.67. The van der Waals surface area contributed by atoms with Crippen LogP contribution < -0.4 is 4.72 Å². The molecule has 1 aromatic carbocycles. The van der Waals surface area contributed by atoms with Crippen molar-refractivity contribution >= 4 is 20.8 Å². The number of nitrogens with one attached hydrogen (secondary N) is 1. The second kappa shape index (κ2) is 5.76. The molecule has 0 radical (unpaired) electrons. The molecule has 2 rings (SSSR count). The molecule has 0 amide bonds. The zero-order chi connectivity index (χ0) is 17.5. The number of nitrogens with zero attached hydrogens (tertiary/aromatic N) is 1. The van der Waals surface area contributed by atoms with Crippen LogP contribution in [0.2, 0.25) is 0 Å². The third kappa shape index (κ3) is 4.20. The number of halogens is 3. The van der Waals surface area contributed by atoms with Gasteiger partial charge in [0.05, 0.1) is 6.42 Å². The van der Waals surface area contributed by atoms with Crippen LogP contribution in [0.1, 0.15) is 25.8 Å². The van der Waals surface area contributed by atoms with Crippen LogP contribution in [-0.4, -0.2) is 25.1 Å². The molecule has 0 atom stereocenters. The van der Waals surface area contributed by atoms with Crippen LogP contribution in [0.15, 0.2) is 35.5 Å².